The molecule has 0 unspecified atom stereocenters. The maximum atomic E-state index is 6.57. The summed E-state index contributed by atoms with van der Waals surface area (Å²) in [6, 6.07) is 57.2. The van der Waals surface area contributed by atoms with Crippen molar-refractivity contribution in [1.29, 1.82) is 0 Å². The zero-order valence-electron chi connectivity index (χ0n) is 64.5. The maximum Gasteiger partial charge on any atom is 0.123 e. The Bertz CT molecular complexity index is 4000. The molecule has 109 heavy (non-hydrogen) atoms. The SMILES string of the molecule is C=Cc1ccc(/C=C/c2ccc3c(c2)C(Cc2cc(OCCOCCOC)cc(OCCOCCOC)c2)(Cc2cc(OCCOCCOC)cc(OCCOCCOC)c2)c2cc(/C=C/c4ccc(/C=C/c5ccc6c(c5)C(CCCOCCOC)(CCCOCCOC)c5cc(Br)ccc5-6)cc4)ccc2-3)cc1. The van der Waals surface area contributed by atoms with Gasteiger partial charge >= 0.3 is 0 Å². The Hall–Kier alpha value is -8.08. The summed E-state index contributed by atoms with van der Waals surface area (Å²) in [5.41, 5.74) is 18.5. The third-order valence-corrected chi connectivity index (χ3v) is 20.0. The van der Waals surface area contributed by atoms with Crippen molar-refractivity contribution in [1.82, 2.24) is 0 Å². The molecule has 10 rings (SSSR count). The van der Waals surface area contributed by atoms with Crippen molar-refractivity contribution >= 4 is 58.5 Å². The fraction of sp³-hybridized carbons (Fsp3) is 0.391. The van der Waals surface area contributed by atoms with E-state index in [0.717, 1.165) is 91.4 Å². The quantitative estimate of drug-likeness (QED) is 0.0263. The van der Waals surface area contributed by atoms with Gasteiger partial charge in [-0.3, -0.25) is 0 Å². The second kappa shape index (κ2) is 45.3. The van der Waals surface area contributed by atoms with Gasteiger partial charge in [0.1, 0.15) is 49.4 Å². The summed E-state index contributed by atoms with van der Waals surface area (Å²) in [5, 5.41) is 0. The summed E-state index contributed by atoms with van der Waals surface area (Å²) < 4.78 is 94.6. The summed E-state index contributed by atoms with van der Waals surface area (Å²) in [7, 11) is 10.1. The highest BCUT2D eigenvalue weighted by atomic mass is 79.9. The molecule has 0 fully saturated rings. The topological polar surface area (TPSA) is 148 Å². The lowest BCUT2D eigenvalue weighted by molar-refractivity contribution is 0.0532. The zero-order valence-corrected chi connectivity index (χ0v) is 66.1. The predicted molar refractivity (Wildman–Crippen MR) is 440 cm³/mol. The lowest BCUT2D eigenvalue weighted by atomic mass is 9.69. The van der Waals surface area contributed by atoms with Crippen molar-refractivity contribution in [3.8, 4) is 45.3 Å². The van der Waals surface area contributed by atoms with Crippen molar-refractivity contribution in [3.63, 3.8) is 0 Å². The average Bonchev–Trinajstić information content (AvgIpc) is 1.57. The van der Waals surface area contributed by atoms with Crippen LogP contribution in [0, 0.1) is 0 Å². The summed E-state index contributed by atoms with van der Waals surface area (Å²) in [6.07, 6.45) is 19.9. The van der Waals surface area contributed by atoms with Gasteiger partial charge in [0, 0.05) is 83.3 Å². The fourth-order valence-electron chi connectivity index (χ4n) is 14.3. The van der Waals surface area contributed by atoms with Crippen LogP contribution in [0.5, 0.6) is 23.0 Å². The van der Waals surface area contributed by atoms with Crippen molar-refractivity contribution in [2.75, 3.05) is 188 Å². The van der Waals surface area contributed by atoms with Gasteiger partial charge in [0.05, 0.1) is 106 Å². The number of halogens is 1. The Morgan fingerprint density at radius 2 is 0.541 bits per heavy atom. The summed E-state index contributed by atoms with van der Waals surface area (Å²) in [6.45, 7) is 14.2. The third-order valence-electron chi connectivity index (χ3n) is 19.5. The van der Waals surface area contributed by atoms with Crippen LogP contribution in [0.3, 0.4) is 0 Å². The average molecular weight is 1550 g/mol. The standard InChI is InChI=1S/C92H109BrO16/c1-8-69-11-13-70(14-12-69)19-23-74-26-30-84-85-31-27-75(24-21-72-17-15-71(16-18-72)20-22-73-25-29-83-86-32-28-78(93)64-90(86)91(87(83)61-73,33-9-35-100-43-37-94-2)34-10-36-101-44-38-95-3)63-89(85)92(88(84)62-74,67-76-57-79(106-53-49-102-45-39-96-4)65-80(58-76)107-54-50-103-46-40-97-5)68-77-59-81(108-55-51-104-47-41-98-6)66-82(60-77)109-56-52-105-48-42-99-7/h8,11-32,57-66H,1,9-10,33-56,67-68H2,2-7H3/b22-20+,23-19+,24-21+. The molecule has 0 N–H and O–H groups in total. The van der Waals surface area contributed by atoms with E-state index >= 15 is 0 Å². The molecule has 0 heterocycles. The second-order valence-electron chi connectivity index (χ2n) is 27.0. The van der Waals surface area contributed by atoms with Crippen molar-refractivity contribution in [2.45, 2.75) is 49.4 Å². The first-order chi connectivity index (χ1) is 53.6. The minimum Gasteiger partial charge on any atom is -0.491 e. The molecule has 8 aromatic carbocycles. The van der Waals surface area contributed by atoms with Crippen molar-refractivity contribution < 1.29 is 75.8 Å². The normalized spacial score (nSPS) is 13.2. The second-order valence-corrected chi connectivity index (χ2v) is 27.9. The van der Waals surface area contributed by atoms with Gasteiger partial charge in [-0.05, 0) is 170 Å². The molecule has 0 radical (unpaired) electrons. The molecule has 0 spiro atoms. The van der Waals surface area contributed by atoms with Crippen LogP contribution in [-0.2, 0) is 80.5 Å². The lowest BCUT2D eigenvalue weighted by Gasteiger charge is -2.34. The molecule has 0 amide bonds. The Morgan fingerprint density at radius 3 is 0.862 bits per heavy atom. The van der Waals surface area contributed by atoms with Gasteiger partial charge in [-0.25, -0.2) is 0 Å². The lowest BCUT2D eigenvalue weighted by Crippen LogP contribution is -2.31. The predicted octanol–water partition coefficient (Wildman–Crippen LogP) is 17.7. The van der Waals surface area contributed by atoms with Crippen LogP contribution in [0.1, 0.15) is 98.0 Å². The van der Waals surface area contributed by atoms with Gasteiger partial charge in [-0.15, -0.1) is 0 Å². The molecule has 0 saturated carbocycles. The summed E-state index contributed by atoms with van der Waals surface area (Å²) in [5.74, 6) is 2.63. The van der Waals surface area contributed by atoms with E-state index < -0.39 is 5.41 Å². The van der Waals surface area contributed by atoms with Crippen LogP contribution in [0.4, 0.5) is 0 Å². The van der Waals surface area contributed by atoms with E-state index in [1.54, 1.807) is 42.7 Å². The van der Waals surface area contributed by atoms with E-state index in [4.69, 9.17) is 75.8 Å². The van der Waals surface area contributed by atoms with E-state index in [-0.39, 0.29) is 5.41 Å². The minimum absolute atomic E-state index is 0.226. The van der Waals surface area contributed by atoms with Gasteiger partial charge in [0.25, 0.3) is 0 Å². The number of hydrogen-bond donors (Lipinski definition) is 0. The molecule has 0 aromatic heterocycles. The Kier molecular flexibility index (Phi) is 34.7. The van der Waals surface area contributed by atoms with Crippen molar-refractivity contribution in [2.24, 2.45) is 0 Å². The first kappa shape index (κ1) is 83.4. The third kappa shape index (κ3) is 24.7. The maximum absolute atomic E-state index is 6.57. The Morgan fingerprint density at radius 1 is 0.275 bits per heavy atom. The van der Waals surface area contributed by atoms with Gasteiger partial charge in [-0.1, -0.05) is 174 Å². The molecule has 2 aliphatic carbocycles. The van der Waals surface area contributed by atoms with Gasteiger partial charge < -0.3 is 75.8 Å². The summed E-state index contributed by atoms with van der Waals surface area (Å²) >= 11 is 3.85. The molecule has 580 valence electrons. The van der Waals surface area contributed by atoms with Gasteiger partial charge in [-0.2, -0.15) is 0 Å². The molecule has 0 saturated heterocycles. The number of fused-ring (bicyclic) bond motifs is 6. The van der Waals surface area contributed by atoms with E-state index in [2.05, 4.69) is 205 Å². The van der Waals surface area contributed by atoms with Crippen LogP contribution >= 0.6 is 15.9 Å². The smallest absolute Gasteiger partial charge is 0.123 e. The fourth-order valence-corrected chi connectivity index (χ4v) is 14.6. The Balaban J connectivity index is 1.02. The molecule has 0 bridgehead atoms. The minimum atomic E-state index is -0.734. The van der Waals surface area contributed by atoms with E-state index in [1.165, 1.54) is 33.4 Å². The molecule has 0 aliphatic heterocycles. The molecule has 2 aliphatic rings. The van der Waals surface area contributed by atoms with Crippen LogP contribution in [-0.4, -0.2) is 188 Å². The number of benzene rings is 8. The highest BCUT2D eigenvalue weighted by molar-refractivity contribution is 9.10. The Labute approximate surface area is 654 Å². The van der Waals surface area contributed by atoms with Crippen molar-refractivity contribution in [3.05, 3.63) is 241 Å². The van der Waals surface area contributed by atoms with Gasteiger partial charge in [0.2, 0.25) is 0 Å². The number of methoxy groups -OCH3 is 6. The molecule has 16 nitrogen and oxygen atoms in total. The number of ether oxygens (including phenoxy) is 16. The number of hydrogen-bond acceptors (Lipinski definition) is 16. The van der Waals surface area contributed by atoms with Crippen LogP contribution < -0.4 is 18.9 Å². The van der Waals surface area contributed by atoms with Crippen LogP contribution in [0.15, 0.2) is 169 Å². The molecule has 17 heteroatoms. The highest BCUT2D eigenvalue weighted by Crippen LogP contribution is 2.56. The molecule has 8 aromatic rings. The van der Waals surface area contributed by atoms with E-state index in [0.29, 0.717) is 181 Å². The van der Waals surface area contributed by atoms with E-state index in [9.17, 15) is 0 Å². The highest BCUT2D eigenvalue weighted by Gasteiger charge is 2.45. The summed E-state index contributed by atoms with van der Waals surface area (Å²) in [4.78, 5) is 0. The van der Waals surface area contributed by atoms with Crippen LogP contribution in [0.2, 0.25) is 0 Å². The largest absolute Gasteiger partial charge is 0.491 e. The van der Waals surface area contributed by atoms with Crippen LogP contribution in [0.25, 0.3) is 64.8 Å². The number of rotatable bonds is 53. The monoisotopic (exact) mass is 1550 g/mol. The molecular weight excluding hydrogens is 1440 g/mol. The van der Waals surface area contributed by atoms with E-state index in [1.807, 2.05) is 18.2 Å². The zero-order chi connectivity index (χ0) is 76.1. The first-order valence-electron chi connectivity index (χ1n) is 37.9. The molecule has 0 atom stereocenters. The first-order valence-corrected chi connectivity index (χ1v) is 38.7. The molecular formula is C92H109BrO16. The van der Waals surface area contributed by atoms with Gasteiger partial charge in [0.15, 0.2) is 0 Å².